The molecule has 0 amide bonds. The molecule has 5 nitrogen and oxygen atoms in total. The number of aliphatic carboxylic acids is 1. The third-order valence-corrected chi connectivity index (χ3v) is 1.72. The van der Waals surface area contributed by atoms with Crippen molar-refractivity contribution in [1.82, 2.24) is 0 Å². The number of para-hydroxylation sites is 1. The highest BCUT2D eigenvalue weighted by Gasteiger charge is 2.08. The number of rotatable bonds is 4. The maximum Gasteiger partial charge on any atom is 0.307 e. The highest BCUT2D eigenvalue weighted by molar-refractivity contribution is 5.71. The average molecular weight is 207 g/mol. The SMILES string of the molecule is O=C(O)C/C=C/c1ccccc1[N+](=O)[O-]. The third kappa shape index (κ3) is 3.22. The lowest BCUT2D eigenvalue weighted by molar-refractivity contribution is -0.385. The first-order chi connectivity index (χ1) is 7.11. The number of carboxylic acid groups (broad SMARTS) is 1. The fourth-order valence-electron chi connectivity index (χ4n) is 1.08. The second kappa shape index (κ2) is 4.90. The van der Waals surface area contributed by atoms with E-state index in [0.29, 0.717) is 5.56 Å². The van der Waals surface area contributed by atoms with Crippen molar-refractivity contribution >= 4 is 17.7 Å². The number of nitro benzene ring substituents is 1. The van der Waals surface area contributed by atoms with E-state index in [4.69, 9.17) is 5.11 Å². The van der Waals surface area contributed by atoms with Crippen LogP contribution in [0.25, 0.3) is 6.08 Å². The van der Waals surface area contributed by atoms with E-state index in [0.717, 1.165) is 0 Å². The van der Waals surface area contributed by atoms with Gasteiger partial charge in [-0.25, -0.2) is 0 Å². The molecule has 1 aromatic carbocycles. The van der Waals surface area contributed by atoms with Gasteiger partial charge >= 0.3 is 5.97 Å². The lowest BCUT2D eigenvalue weighted by Crippen LogP contribution is -1.92. The molecule has 0 unspecified atom stereocenters. The second-order valence-corrected chi connectivity index (χ2v) is 2.82. The molecule has 0 fully saturated rings. The molecule has 0 aromatic heterocycles. The van der Waals surface area contributed by atoms with E-state index in [2.05, 4.69) is 0 Å². The van der Waals surface area contributed by atoms with Crippen molar-refractivity contribution in [3.8, 4) is 0 Å². The summed E-state index contributed by atoms with van der Waals surface area (Å²) in [5, 5.41) is 19.0. The Balaban J connectivity index is 2.89. The third-order valence-electron chi connectivity index (χ3n) is 1.72. The molecular formula is C10H9NO4. The fourth-order valence-corrected chi connectivity index (χ4v) is 1.08. The molecule has 78 valence electrons. The zero-order valence-corrected chi connectivity index (χ0v) is 7.79. The quantitative estimate of drug-likeness (QED) is 0.605. The molecule has 0 aliphatic rings. The van der Waals surface area contributed by atoms with Crippen LogP contribution in [0.4, 0.5) is 5.69 Å². The zero-order valence-electron chi connectivity index (χ0n) is 7.79. The van der Waals surface area contributed by atoms with Crippen molar-refractivity contribution in [1.29, 1.82) is 0 Å². The number of carbonyl (C=O) groups is 1. The molecule has 0 saturated carbocycles. The Hall–Kier alpha value is -2.17. The van der Waals surface area contributed by atoms with Crippen molar-refractivity contribution in [2.45, 2.75) is 6.42 Å². The minimum atomic E-state index is -0.968. The van der Waals surface area contributed by atoms with Crippen LogP contribution in [-0.4, -0.2) is 16.0 Å². The van der Waals surface area contributed by atoms with Gasteiger partial charge in [0.15, 0.2) is 0 Å². The van der Waals surface area contributed by atoms with Crippen LogP contribution in [0, 0.1) is 10.1 Å². The van der Waals surface area contributed by atoms with E-state index in [-0.39, 0.29) is 12.1 Å². The summed E-state index contributed by atoms with van der Waals surface area (Å²) in [5.41, 5.74) is 0.378. The van der Waals surface area contributed by atoms with Crippen LogP contribution in [0.3, 0.4) is 0 Å². The summed E-state index contributed by atoms with van der Waals surface area (Å²) in [6.07, 6.45) is 2.67. The van der Waals surface area contributed by atoms with Gasteiger partial charge in [-0.05, 0) is 6.07 Å². The summed E-state index contributed by atoms with van der Waals surface area (Å²) < 4.78 is 0. The van der Waals surface area contributed by atoms with Gasteiger partial charge in [0.2, 0.25) is 0 Å². The number of hydrogen-bond acceptors (Lipinski definition) is 3. The molecule has 1 aromatic rings. The highest BCUT2D eigenvalue weighted by atomic mass is 16.6. The monoisotopic (exact) mass is 207 g/mol. The summed E-state index contributed by atoms with van der Waals surface area (Å²) >= 11 is 0. The van der Waals surface area contributed by atoms with Gasteiger partial charge in [-0.1, -0.05) is 24.3 Å². The standard InChI is InChI=1S/C10H9NO4/c12-10(13)7-3-5-8-4-1-2-6-9(8)11(14)15/h1-6H,7H2,(H,12,13)/b5-3+. The fraction of sp³-hybridized carbons (Fsp3) is 0.100. The van der Waals surface area contributed by atoms with Gasteiger partial charge in [-0.3, -0.25) is 14.9 Å². The minimum absolute atomic E-state index is 0.0286. The Morgan fingerprint density at radius 2 is 2.13 bits per heavy atom. The zero-order chi connectivity index (χ0) is 11.3. The van der Waals surface area contributed by atoms with E-state index in [9.17, 15) is 14.9 Å². The van der Waals surface area contributed by atoms with Crippen molar-refractivity contribution in [3.05, 3.63) is 46.0 Å². The van der Waals surface area contributed by atoms with Crippen LogP contribution in [0.1, 0.15) is 12.0 Å². The smallest absolute Gasteiger partial charge is 0.307 e. The lowest BCUT2D eigenvalue weighted by Gasteiger charge is -1.95. The van der Waals surface area contributed by atoms with Gasteiger partial charge in [-0.2, -0.15) is 0 Å². The lowest BCUT2D eigenvalue weighted by atomic mass is 10.1. The predicted molar refractivity (Wildman–Crippen MR) is 54.4 cm³/mol. The van der Waals surface area contributed by atoms with E-state index in [1.165, 1.54) is 18.2 Å². The van der Waals surface area contributed by atoms with Crippen molar-refractivity contribution in [2.75, 3.05) is 0 Å². The van der Waals surface area contributed by atoms with Crippen LogP contribution in [0.2, 0.25) is 0 Å². The molecule has 0 bridgehead atoms. The Morgan fingerprint density at radius 3 is 2.73 bits per heavy atom. The number of nitro groups is 1. The summed E-state index contributed by atoms with van der Waals surface area (Å²) in [6.45, 7) is 0. The van der Waals surface area contributed by atoms with Crippen LogP contribution < -0.4 is 0 Å². The molecule has 0 saturated heterocycles. The minimum Gasteiger partial charge on any atom is -0.481 e. The molecule has 0 aliphatic heterocycles. The number of carboxylic acids is 1. The Bertz CT molecular complexity index is 412. The van der Waals surface area contributed by atoms with Gasteiger partial charge < -0.3 is 5.11 Å². The number of benzene rings is 1. The highest BCUT2D eigenvalue weighted by Crippen LogP contribution is 2.18. The molecule has 1 rings (SSSR count). The molecule has 0 atom stereocenters. The Labute approximate surface area is 85.8 Å². The molecule has 5 heteroatoms. The molecular weight excluding hydrogens is 198 g/mol. The van der Waals surface area contributed by atoms with Crippen LogP contribution >= 0.6 is 0 Å². The van der Waals surface area contributed by atoms with Crippen molar-refractivity contribution < 1.29 is 14.8 Å². The summed E-state index contributed by atoms with van der Waals surface area (Å²) in [4.78, 5) is 20.3. The van der Waals surface area contributed by atoms with Crippen LogP contribution in [0.5, 0.6) is 0 Å². The Morgan fingerprint density at radius 1 is 1.47 bits per heavy atom. The average Bonchev–Trinajstić information content (AvgIpc) is 2.17. The second-order valence-electron chi connectivity index (χ2n) is 2.82. The maximum absolute atomic E-state index is 10.6. The largest absolute Gasteiger partial charge is 0.481 e. The first kappa shape index (κ1) is 10.9. The molecule has 0 aliphatic carbocycles. The van der Waals surface area contributed by atoms with Gasteiger partial charge in [-0.15, -0.1) is 0 Å². The normalized spacial score (nSPS) is 10.4. The summed E-state index contributed by atoms with van der Waals surface area (Å²) in [7, 11) is 0. The Kier molecular flexibility index (Phi) is 3.56. The van der Waals surface area contributed by atoms with E-state index < -0.39 is 10.9 Å². The maximum atomic E-state index is 10.6. The molecule has 0 spiro atoms. The van der Waals surface area contributed by atoms with Gasteiger partial charge in [0.25, 0.3) is 5.69 Å². The molecule has 0 heterocycles. The van der Waals surface area contributed by atoms with Crippen molar-refractivity contribution in [3.63, 3.8) is 0 Å². The molecule has 15 heavy (non-hydrogen) atoms. The molecule has 1 N–H and O–H groups in total. The topological polar surface area (TPSA) is 80.4 Å². The summed E-state index contributed by atoms with van der Waals surface area (Å²) in [6, 6.07) is 6.16. The van der Waals surface area contributed by atoms with Gasteiger partial charge in [0.1, 0.15) is 0 Å². The molecule has 0 radical (unpaired) electrons. The number of hydrogen-bond donors (Lipinski definition) is 1. The van der Waals surface area contributed by atoms with Gasteiger partial charge in [0.05, 0.1) is 16.9 Å². The van der Waals surface area contributed by atoms with Crippen LogP contribution in [-0.2, 0) is 4.79 Å². The van der Waals surface area contributed by atoms with E-state index in [1.807, 2.05) is 0 Å². The van der Waals surface area contributed by atoms with Crippen LogP contribution in [0.15, 0.2) is 30.3 Å². The number of nitrogens with zero attached hydrogens (tertiary/aromatic N) is 1. The summed E-state index contributed by atoms with van der Waals surface area (Å²) in [5.74, 6) is -0.968. The van der Waals surface area contributed by atoms with Crippen molar-refractivity contribution in [2.24, 2.45) is 0 Å². The van der Waals surface area contributed by atoms with E-state index >= 15 is 0 Å². The van der Waals surface area contributed by atoms with E-state index in [1.54, 1.807) is 18.2 Å². The first-order valence-electron chi connectivity index (χ1n) is 4.23. The predicted octanol–water partition coefficient (Wildman–Crippen LogP) is 2.08. The van der Waals surface area contributed by atoms with Gasteiger partial charge in [0, 0.05) is 6.07 Å². The first-order valence-corrected chi connectivity index (χ1v) is 4.23.